The van der Waals surface area contributed by atoms with Gasteiger partial charge >= 0.3 is 0 Å². The van der Waals surface area contributed by atoms with Crippen LogP contribution in [0, 0.1) is 10.1 Å². The summed E-state index contributed by atoms with van der Waals surface area (Å²) in [6, 6.07) is 5.43. The highest BCUT2D eigenvalue weighted by molar-refractivity contribution is 9.10. The Labute approximate surface area is 132 Å². The first-order chi connectivity index (χ1) is 10.1. The Hall–Kier alpha value is -1.18. The van der Waals surface area contributed by atoms with Crippen LogP contribution in [0.5, 0.6) is 0 Å². The van der Waals surface area contributed by atoms with Crippen molar-refractivity contribution >= 4 is 27.3 Å². The molecule has 0 aliphatic carbocycles. The van der Waals surface area contributed by atoms with Crippen LogP contribution in [0.1, 0.15) is 12.8 Å². The van der Waals surface area contributed by atoms with E-state index in [1.807, 2.05) is 6.07 Å². The quantitative estimate of drug-likeness (QED) is 0.577. The highest BCUT2D eigenvalue weighted by Crippen LogP contribution is 2.34. The maximum Gasteiger partial charge on any atom is 0.293 e. The SMILES string of the molecule is COCCN(c1ccc(Br)cc1[N+](=O)[O-])C1CCOCC1. The van der Waals surface area contributed by atoms with Gasteiger partial charge < -0.3 is 14.4 Å². The van der Waals surface area contributed by atoms with Gasteiger partial charge in [0.15, 0.2) is 0 Å². The van der Waals surface area contributed by atoms with E-state index in [9.17, 15) is 10.1 Å². The number of benzene rings is 1. The van der Waals surface area contributed by atoms with Crippen molar-refractivity contribution < 1.29 is 14.4 Å². The molecule has 0 aromatic heterocycles. The molecule has 0 spiro atoms. The number of rotatable bonds is 6. The molecule has 1 heterocycles. The zero-order valence-electron chi connectivity index (χ0n) is 12.0. The van der Waals surface area contributed by atoms with E-state index < -0.39 is 0 Å². The van der Waals surface area contributed by atoms with E-state index in [1.54, 1.807) is 19.2 Å². The summed E-state index contributed by atoms with van der Waals surface area (Å²) in [5.41, 5.74) is 0.763. The van der Waals surface area contributed by atoms with Crippen molar-refractivity contribution in [3.8, 4) is 0 Å². The van der Waals surface area contributed by atoms with Gasteiger partial charge in [0.2, 0.25) is 0 Å². The van der Waals surface area contributed by atoms with E-state index in [1.165, 1.54) is 0 Å². The molecule has 1 aromatic rings. The second-order valence-electron chi connectivity index (χ2n) is 4.92. The van der Waals surface area contributed by atoms with Crippen LogP contribution in [0.2, 0.25) is 0 Å². The van der Waals surface area contributed by atoms with E-state index in [2.05, 4.69) is 20.8 Å². The van der Waals surface area contributed by atoms with Gasteiger partial charge in [0.05, 0.1) is 11.5 Å². The number of ether oxygens (including phenoxy) is 2. The van der Waals surface area contributed by atoms with Crippen molar-refractivity contribution in [1.82, 2.24) is 0 Å². The highest BCUT2D eigenvalue weighted by atomic mass is 79.9. The summed E-state index contributed by atoms with van der Waals surface area (Å²) in [5, 5.41) is 11.3. The van der Waals surface area contributed by atoms with Gasteiger partial charge in [-0.2, -0.15) is 0 Å². The Bertz CT molecular complexity index is 492. The molecule has 0 atom stereocenters. The van der Waals surface area contributed by atoms with Crippen LogP contribution in [-0.2, 0) is 9.47 Å². The monoisotopic (exact) mass is 358 g/mol. The Morgan fingerprint density at radius 1 is 1.48 bits per heavy atom. The van der Waals surface area contributed by atoms with E-state index in [4.69, 9.17) is 9.47 Å². The first kappa shape index (κ1) is 16.2. The molecule has 1 fully saturated rings. The van der Waals surface area contributed by atoms with Gasteiger partial charge in [0, 0.05) is 43.4 Å². The Morgan fingerprint density at radius 3 is 2.81 bits per heavy atom. The summed E-state index contributed by atoms with van der Waals surface area (Å²) in [7, 11) is 1.64. The zero-order chi connectivity index (χ0) is 15.2. The summed E-state index contributed by atoms with van der Waals surface area (Å²) in [6.45, 7) is 2.55. The third-order valence-electron chi connectivity index (χ3n) is 3.61. The Kier molecular flexibility index (Phi) is 5.96. The highest BCUT2D eigenvalue weighted by Gasteiger charge is 2.27. The first-order valence-electron chi connectivity index (χ1n) is 6.90. The summed E-state index contributed by atoms with van der Waals surface area (Å²) in [5.74, 6) is 0. The second-order valence-corrected chi connectivity index (χ2v) is 5.84. The van der Waals surface area contributed by atoms with Crippen molar-refractivity contribution in [2.45, 2.75) is 18.9 Å². The summed E-state index contributed by atoms with van der Waals surface area (Å²) in [6.07, 6.45) is 1.74. The molecular weight excluding hydrogens is 340 g/mol. The standard InChI is InChI=1S/C14H19BrN2O4/c1-20-9-6-16(12-4-7-21-8-5-12)13-3-2-11(15)10-14(13)17(18)19/h2-3,10,12H,4-9H2,1H3. The third-order valence-corrected chi connectivity index (χ3v) is 4.10. The van der Waals surface area contributed by atoms with Gasteiger partial charge in [-0.05, 0) is 25.0 Å². The van der Waals surface area contributed by atoms with E-state index >= 15 is 0 Å². The molecular formula is C14H19BrN2O4. The molecule has 1 aliphatic heterocycles. The number of hydrogen-bond donors (Lipinski definition) is 0. The molecule has 1 aliphatic rings. The van der Waals surface area contributed by atoms with Gasteiger partial charge in [-0.1, -0.05) is 15.9 Å². The van der Waals surface area contributed by atoms with Crippen molar-refractivity contribution in [2.75, 3.05) is 38.4 Å². The smallest absolute Gasteiger partial charge is 0.293 e. The average Bonchev–Trinajstić information content (AvgIpc) is 2.49. The lowest BCUT2D eigenvalue weighted by molar-refractivity contribution is -0.384. The molecule has 0 radical (unpaired) electrons. The fourth-order valence-electron chi connectivity index (χ4n) is 2.57. The lowest BCUT2D eigenvalue weighted by atomic mass is 10.1. The van der Waals surface area contributed by atoms with Crippen molar-refractivity contribution in [3.05, 3.63) is 32.8 Å². The maximum absolute atomic E-state index is 11.3. The van der Waals surface area contributed by atoms with Crippen LogP contribution in [0.25, 0.3) is 0 Å². The number of nitrogens with zero attached hydrogens (tertiary/aromatic N) is 2. The normalized spacial score (nSPS) is 15.9. The third kappa shape index (κ3) is 4.15. The predicted octanol–water partition coefficient (Wildman–Crippen LogP) is 2.99. The molecule has 0 bridgehead atoms. The number of hydrogen-bond acceptors (Lipinski definition) is 5. The molecule has 1 aromatic carbocycles. The zero-order valence-corrected chi connectivity index (χ0v) is 13.5. The number of nitro groups is 1. The van der Waals surface area contributed by atoms with Crippen LogP contribution in [-0.4, -0.2) is 44.4 Å². The molecule has 0 saturated carbocycles. The van der Waals surface area contributed by atoms with Crippen LogP contribution >= 0.6 is 15.9 Å². The van der Waals surface area contributed by atoms with Crippen LogP contribution in [0.15, 0.2) is 22.7 Å². The van der Waals surface area contributed by atoms with Gasteiger partial charge in [-0.3, -0.25) is 10.1 Å². The van der Waals surface area contributed by atoms with Gasteiger partial charge in [0.25, 0.3) is 5.69 Å². The molecule has 21 heavy (non-hydrogen) atoms. The minimum absolute atomic E-state index is 0.118. The number of anilines is 1. The van der Waals surface area contributed by atoms with Gasteiger partial charge in [-0.15, -0.1) is 0 Å². The van der Waals surface area contributed by atoms with E-state index in [-0.39, 0.29) is 16.7 Å². The summed E-state index contributed by atoms with van der Waals surface area (Å²) >= 11 is 3.29. The number of nitro benzene ring substituents is 1. The Morgan fingerprint density at radius 2 is 2.19 bits per heavy atom. The molecule has 116 valence electrons. The molecule has 7 heteroatoms. The van der Waals surface area contributed by atoms with Gasteiger partial charge in [0.1, 0.15) is 5.69 Å². The molecule has 0 amide bonds. The summed E-state index contributed by atoms with van der Waals surface area (Å²) in [4.78, 5) is 13.1. The largest absolute Gasteiger partial charge is 0.383 e. The van der Waals surface area contributed by atoms with Crippen LogP contribution in [0.3, 0.4) is 0 Å². The molecule has 6 nitrogen and oxygen atoms in total. The first-order valence-corrected chi connectivity index (χ1v) is 7.70. The second kappa shape index (κ2) is 7.72. The van der Waals surface area contributed by atoms with Crippen LogP contribution in [0.4, 0.5) is 11.4 Å². The number of methoxy groups -OCH3 is 1. The topological polar surface area (TPSA) is 64.8 Å². The summed E-state index contributed by atoms with van der Waals surface area (Å²) < 4.78 is 11.2. The van der Waals surface area contributed by atoms with Crippen molar-refractivity contribution in [3.63, 3.8) is 0 Å². The fraction of sp³-hybridized carbons (Fsp3) is 0.571. The van der Waals surface area contributed by atoms with E-state index in [0.717, 1.165) is 12.8 Å². The molecule has 1 saturated heterocycles. The molecule has 0 N–H and O–H groups in total. The lowest BCUT2D eigenvalue weighted by Gasteiger charge is -2.35. The fourth-order valence-corrected chi connectivity index (χ4v) is 2.92. The lowest BCUT2D eigenvalue weighted by Crippen LogP contribution is -2.41. The van der Waals surface area contributed by atoms with Gasteiger partial charge in [-0.25, -0.2) is 0 Å². The molecule has 0 unspecified atom stereocenters. The minimum atomic E-state index is -0.334. The average molecular weight is 359 g/mol. The van der Waals surface area contributed by atoms with Crippen LogP contribution < -0.4 is 4.90 Å². The van der Waals surface area contributed by atoms with E-state index in [0.29, 0.717) is 36.5 Å². The predicted molar refractivity (Wildman–Crippen MR) is 83.9 cm³/mol. The molecule has 2 rings (SSSR count). The maximum atomic E-state index is 11.3. The minimum Gasteiger partial charge on any atom is -0.383 e. The van der Waals surface area contributed by atoms with Crippen molar-refractivity contribution in [1.29, 1.82) is 0 Å². The number of halogens is 1. The van der Waals surface area contributed by atoms with Crippen molar-refractivity contribution in [2.24, 2.45) is 0 Å². The Balaban J connectivity index is 2.32.